The van der Waals surface area contributed by atoms with E-state index < -0.39 is 0 Å². The van der Waals surface area contributed by atoms with E-state index in [2.05, 4.69) is 46.1 Å². The molecule has 7 nitrogen and oxygen atoms in total. The lowest BCUT2D eigenvalue weighted by Gasteiger charge is -2.36. The van der Waals surface area contributed by atoms with E-state index in [1.807, 2.05) is 0 Å². The molecule has 7 heteroatoms. The Morgan fingerprint density at radius 1 is 1.12 bits per heavy atom. The minimum absolute atomic E-state index is 0.178. The molecule has 1 aliphatic heterocycles. The van der Waals surface area contributed by atoms with Crippen LogP contribution in [0.1, 0.15) is 40.0 Å². The molecule has 2 aliphatic rings. The Labute approximate surface area is 159 Å². The lowest BCUT2D eigenvalue weighted by atomic mass is 10.3. The van der Waals surface area contributed by atoms with Gasteiger partial charge in [0.05, 0.1) is 13.1 Å². The second-order valence-corrected chi connectivity index (χ2v) is 7.27. The summed E-state index contributed by atoms with van der Waals surface area (Å²) in [5.41, 5.74) is 0. The minimum Gasteiger partial charge on any atom is -0.357 e. The fraction of sp³-hybridized carbons (Fsp3) is 0.895. The molecule has 1 saturated heterocycles. The molecule has 2 N–H and O–H groups in total. The van der Waals surface area contributed by atoms with Crippen LogP contribution in [0.25, 0.3) is 0 Å². The molecule has 0 spiro atoms. The van der Waals surface area contributed by atoms with Crippen molar-refractivity contribution in [1.29, 1.82) is 0 Å². The summed E-state index contributed by atoms with van der Waals surface area (Å²) >= 11 is 0. The molecule has 2 fully saturated rings. The molecule has 1 saturated carbocycles. The van der Waals surface area contributed by atoms with Crippen molar-refractivity contribution in [2.45, 2.75) is 46.1 Å². The Balaban J connectivity index is 1.75. The molecule has 0 unspecified atom stereocenters. The molecule has 2 rings (SSSR count). The Morgan fingerprint density at radius 3 is 2.42 bits per heavy atom. The first-order chi connectivity index (χ1) is 12.7. The van der Waals surface area contributed by atoms with Crippen LogP contribution < -0.4 is 10.6 Å². The first kappa shape index (κ1) is 21.0. The van der Waals surface area contributed by atoms with E-state index in [0.717, 1.165) is 77.7 Å². The van der Waals surface area contributed by atoms with Crippen LogP contribution in [0.4, 0.5) is 0 Å². The summed E-state index contributed by atoms with van der Waals surface area (Å²) in [5, 5.41) is 6.50. The first-order valence-corrected chi connectivity index (χ1v) is 10.4. The highest BCUT2D eigenvalue weighted by Crippen LogP contribution is 2.18. The van der Waals surface area contributed by atoms with Crippen molar-refractivity contribution in [3.05, 3.63) is 0 Å². The van der Waals surface area contributed by atoms with Gasteiger partial charge in [-0.05, 0) is 39.3 Å². The smallest absolute Gasteiger partial charge is 0.234 e. The third kappa shape index (κ3) is 7.50. The van der Waals surface area contributed by atoms with Gasteiger partial charge in [0.25, 0.3) is 0 Å². The highest BCUT2D eigenvalue weighted by atomic mass is 16.2. The average molecular weight is 367 g/mol. The summed E-state index contributed by atoms with van der Waals surface area (Å²) in [7, 11) is 0. The van der Waals surface area contributed by atoms with E-state index in [1.165, 1.54) is 6.42 Å². The van der Waals surface area contributed by atoms with Gasteiger partial charge in [0.2, 0.25) is 5.91 Å². The molecule has 0 aromatic carbocycles. The lowest BCUT2D eigenvalue weighted by molar-refractivity contribution is -0.122. The fourth-order valence-electron chi connectivity index (χ4n) is 3.29. The zero-order valence-corrected chi connectivity index (χ0v) is 17.0. The van der Waals surface area contributed by atoms with Crippen molar-refractivity contribution in [2.75, 3.05) is 65.4 Å². The molecular weight excluding hydrogens is 328 g/mol. The molecule has 1 amide bonds. The molecule has 1 heterocycles. The van der Waals surface area contributed by atoms with Crippen LogP contribution in [-0.4, -0.2) is 98.1 Å². The number of piperazine rings is 1. The maximum Gasteiger partial charge on any atom is 0.234 e. The van der Waals surface area contributed by atoms with Crippen molar-refractivity contribution < 1.29 is 4.79 Å². The van der Waals surface area contributed by atoms with Crippen LogP contribution in [0.2, 0.25) is 0 Å². The SMILES string of the molecule is CCCN(CC)CCN=C(NCC)N1CCN(CC(=O)NC2CC2)CC1. The molecule has 0 atom stereocenters. The summed E-state index contributed by atoms with van der Waals surface area (Å²) in [6.07, 6.45) is 3.49. The molecule has 0 aromatic rings. The Kier molecular flexibility index (Phi) is 9.18. The van der Waals surface area contributed by atoms with Crippen molar-refractivity contribution in [1.82, 2.24) is 25.3 Å². The van der Waals surface area contributed by atoms with E-state index in [-0.39, 0.29) is 5.91 Å². The number of nitrogens with one attached hydrogen (secondary N) is 2. The first-order valence-electron chi connectivity index (χ1n) is 10.4. The molecule has 0 aromatic heterocycles. The molecule has 1 aliphatic carbocycles. The topological polar surface area (TPSA) is 63.2 Å². The van der Waals surface area contributed by atoms with E-state index in [0.29, 0.717) is 12.6 Å². The van der Waals surface area contributed by atoms with Crippen molar-refractivity contribution in [2.24, 2.45) is 4.99 Å². The number of carbonyl (C=O) groups is 1. The third-order valence-electron chi connectivity index (χ3n) is 4.98. The fourth-order valence-corrected chi connectivity index (χ4v) is 3.29. The predicted octanol–water partition coefficient (Wildman–Crippen LogP) is 0.580. The van der Waals surface area contributed by atoms with Crippen LogP contribution in [0.5, 0.6) is 0 Å². The number of likely N-dealkylation sites (N-methyl/N-ethyl adjacent to an activating group) is 1. The van der Waals surface area contributed by atoms with Gasteiger partial charge in [-0.2, -0.15) is 0 Å². The number of aliphatic imine (C=N–C) groups is 1. The maximum absolute atomic E-state index is 12.0. The van der Waals surface area contributed by atoms with E-state index in [4.69, 9.17) is 4.99 Å². The lowest BCUT2D eigenvalue weighted by Crippen LogP contribution is -2.54. The van der Waals surface area contributed by atoms with Gasteiger partial charge in [0.15, 0.2) is 5.96 Å². The minimum atomic E-state index is 0.178. The van der Waals surface area contributed by atoms with Crippen molar-refractivity contribution >= 4 is 11.9 Å². The Hall–Kier alpha value is -1.34. The number of amides is 1. The zero-order chi connectivity index (χ0) is 18.8. The molecule has 0 bridgehead atoms. The Morgan fingerprint density at radius 2 is 1.85 bits per heavy atom. The molecule has 0 radical (unpaired) electrons. The van der Waals surface area contributed by atoms with Crippen LogP contribution in [0.3, 0.4) is 0 Å². The van der Waals surface area contributed by atoms with Gasteiger partial charge in [-0.25, -0.2) is 0 Å². The van der Waals surface area contributed by atoms with Crippen molar-refractivity contribution in [3.63, 3.8) is 0 Å². The molecule has 150 valence electrons. The van der Waals surface area contributed by atoms with Crippen LogP contribution in [0.15, 0.2) is 4.99 Å². The number of guanidine groups is 1. The predicted molar refractivity (Wildman–Crippen MR) is 108 cm³/mol. The van der Waals surface area contributed by atoms with Gasteiger partial charge in [0.1, 0.15) is 0 Å². The summed E-state index contributed by atoms with van der Waals surface area (Å²) in [4.78, 5) is 23.8. The third-order valence-corrected chi connectivity index (χ3v) is 4.98. The zero-order valence-electron chi connectivity index (χ0n) is 17.0. The van der Waals surface area contributed by atoms with E-state index >= 15 is 0 Å². The van der Waals surface area contributed by atoms with Gasteiger partial charge in [-0.3, -0.25) is 14.7 Å². The largest absolute Gasteiger partial charge is 0.357 e. The van der Waals surface area contributed by atoms with Crippen LogP contribution in [0, 0.1) is 0 Å². The second-order valence-electron chi connectivity index (χ2n) is 7.27. The monoisotopic (exact) mass is 366 g/mol. The molecule has 26 heavy (non-hydrogen) atoms. The van der Waals surface area contributed by atoms with Crippen molar-refractivity contribution in [3.8, 4) is 0 Å². The quantitative estimate of drug-likeness (QED) is 0.437. The maximum atomic E-state index is 12.0. The number of nitrogens with zero attached hydrogens (tertiary/aromatic N) is 4. The normalized spacial score (nSPS) is 19.1. The highest BCUT2D eigenvalue weighted by Gasteiger charge is 2.25. The summed E-state index contributed by atoms with van der Waals surface area (Å²) < 4.78 is 0. The van der Waals surface area contributed by atoms with Crippen LogP contribution in [-0.2, 0) is 4.79 Å². The standard InChI is InChI=1S/C19H38N6O/c1-4-10-23(6-3)11-9-21-19(20-5-2)25-14-12-24(13-15-25)16-18(26)22-17-7-8-17/h17H,4-16H2,1-3H3,(H,20,21)(H,22,26). The second kappa shape index (κ2) is 11.4. The summed E-state index contributed by atoms with van der Waals surface area (Å²) in [6.45, 7) is 15.7. The van der Waals surface area contributed by atoms with E-state index in [1.54, 1.807) is 0 Å². The van der Waals surface area contributed by atoms with Gasteiger partial charge in [0, 0.05) is 45.3 Å². The number of hydrogen-bond acceptors (Lipinski definition) is 4. The van der Waals surface area contributed by atoms with Gasteiger partial charge in [-0.1, -0.05) is 13.8 Å². The van der Waals surface area contributed by atoms with Gasteiger partial charge in [-0.15, -0.1) is 0 Å². The molecular formula is C19H38N6O. The highest BCUT2D eigenvalue weighted by molar-refractivity contribution is 5.80. The number of hydrogen-bond donors (Lipinski definition) is 2. The number of rotatable bonds is 10. The van der Waals surface area contributed by atoms with Gasteiger partial charge < -0.3 is 20.4 Å². The van der Waals surface area contributed by atoms with Gasteiger partial charge >= 0.3 is 0 Å². The average Bonchev–Trinajstić information content (AvgIpc) is 3.44. The van der Waals surface area contributed by atoms with Crippen LogP contribution >= 0.6 is 0 Å². The van der Waals surface area contributed by atoms with E-state index in [9.17, 15) is 4.79 Å². The summed E-state index contributed by atoms with van der Waals surface area (Å²) in [6, 6.07) is 0.451. The summed E-state index contributed by atoms with van der Waals surface area (Å²) in [5.74, 6) is 1.19. The number of carbonyl (C=O) groups excluding carboxylic acids is 1. The Bertz CT molecular complexity index is 443.